The summed E-state index contributed by atoms with van der Waals surface area (Å²) in [6.07, 6.45) is 0.354. The number of alkyl halides is 3. The van der Waals surface area contributed by atoms with E-state index >= 15 is 0 Å². The van der Waals surface area contributed by atoms with Crippen molar-refractivity contribution in [3.05, 3.63) is 41.5 Å². The van der Waals surface area contributed by atoms with Crippen molar-refractivity contribution >= 4 is 12.0 Å². The Bertz CT molecular complexity index is 470. The summed E-state index contributed by atoms with van der Waals surface area (Å²) in [4.78, 5) is 10.9. The number of hydrogen-bond acceptors (Lipinski definition) is 2. The van der Waals surface area contributed by atoms with E-state index in [1.54, 1.807) is 6.08 Å². The fraction of sp³-hybridized carbons (Fsp3) is 0.308. The fourth-order valence-corrected chi connectivity index (χ4v) is 1.75. The van der Waals surface area contributed by atoms with Gasteiger partial charge in [0, 0.05) is 12.5 Å². The molecule has 1 aromatic carbocycles. The molecule has 6 heteroatoms. The van der Waals surface area contributed by atoms with Gasteiger partial charge in [0.1, 0.15) is 0 Å². The Morgan fingerprint density at radius 2 is 1.89 bits per heavy atom. The topological polar surface area (TPSA) is 41.1 Å². The Morgan fingerprint density at radius 1 is 1.21 bits per heavy atom. The predicted molar refractivity (Wildman–Crippen MR) is 64.8 cm³/mol. The van der Waals surface area contributed by atoms with E-state index in [4.69, 9.17) is 0 Å². The Hall–Kier alpha value is -1.82. The molecular weight excluding hydrogens is 257 g/mol. The molecule has 2 rings (SSSR count). The SMILES string of the molecule is O=C1CCC(/C=C/c2ccc(C(F)(F)F)cc2)NN1. The van der Waals surface area contributed by atoms with Gasteiger partial charge in [-0.3, -0.25) is 10.2 Å². The number of carbonyl (C=O) groups is 1. The van der Waals surface area contributed by atoms with Crippen molar-refractivity contribution in [2.45, 2.75) is 25.1 Å². The summed E-state index contributed by atoms with van der Waals surface area (Å²) in [6, 6.07) is 4.94. The smallest absolute Gasteiger partial charge is 0.291 e. The van der Waals surface area contributed by atoms with E-state index in [0.717, 1.165) is 12.1 Å². The first-order valence-corrected chi connectivity index (χ1v) is 5.85. The third kappa shape index (κ3) is 3.82. The largest absolute Gasteiger partial charge is 0.416 e. The summed E-state index contributed by atoms with van der Waals surface area (Å²) in [6.45, 7) is 0. The normalized spacial score (nSPS) is 20.6. The van der Waals surface area contributed by atoms with Gasteiger partial charge in [0.25, 0.3) is 0 Å². The summed E-state index contributed by atoms with van der Waals surface area (Å²) in [5.74, 6) is -0.0563. The van der Waals surface area contributed by atoms with E-state index in [1.165, 1.54) is 12.1 Å². The highest BCUT2D eigenvalue weighted by molar-refractivity contribution is 5.76. The van der Waals surface area contributed by atoms with Gasteiger partial charge in [0.05, 0.1) is 5.56 Å². The third-order valence-corrected chi connectivity index (χ3v) is 2.84. The van der Waals surface area contributed by atoms with Crippen molar-refractivity contribution in [1.82, 2.24) is 10.9 Å². The quantitative estimate of drug-likeness (QED) is 0.867. The lowest BCUT2D eigenvalue weighted by Crippen LogP contribution is -2.48. The second-order valence-corrected chi connectivity index (χ2v) is 4.32. The van der Waals surface area contributed by atoms with Crippen LogP contribution in [0.15, 0.2) is 30.3 Å². The lowest BCUT2D eigenvalue weighted by Gasteiger charge is -2.20. The first-order chi connectivity index (χ1) is 8.95. The summed E-state index contributed by atoms with van der Waals surface area (Å²) in [5, 5.41) is 0. The van der Waals surface area contributed by atoms with Crippen LogP contribution in [0.4, 0.5) is 13.2 Å². The number of hydrogen-bond donors (Lipinski definition) is 2. The van der Waals surface area contributed by atoms with Crippen molar-refractivity contribution in [2.75, 3.05) is 0 Å². The molecule has 0 aromatic heterocycles. The van der Waals surface area contributed by atoms with Crippen LogP contribution in [0.5, 0.6) is 0 Å². The number of amides is 1. The van der Waals surface area contributed by atoms with Crippen molar-refractivity contribution < 1.29 is 18.0 Å². The lowest BCUT2D eigenvalue weighted by molar-refractivity contribution is -0.137. The molecule has 0 saturated carbocycles. The summed E-state index contributed by atoms with van der Waals surface area (Å²) in [7, 11) is 0. The highest BCUT2D eigenvalue weighted by Crippen LogP contribution is 2.29. The van der Waals surface area contributed by atoms with Gasteiger partial charge < -0.3 is 0 Å². The Morgan fingerprint density at radius 3 is 2.42 bits per heavy atom. The third-order valence-electron chi connectivity index (χ3n) is 2.84. The van der Waals surface area contributed by atoms with Crippen LogP contribution in [0.1, 0.15) is 24.0 Å². The average molecular weight is 270 g/mol. The zero-order valence-electron chi connectivity index (χ0n) is 10.00. The predicted octanol–water partition coefficient (Wildman–Crippen LogP) is 2.50. The molecule has 3 nitrogen and oxygen atoms in total. The highest BCUT2D eigenvalue weighted by atomic mass is 19.4. The summed E-state index contributed by atoms with van der Waals surface area (Å²) < 4.78 is 37.1. The van der Waals surface area contributed by atoms with Gasteiger partial charge in [-0.1, -0.05) is 24.3 Å². The standard InChI is InChI=1S/C13H13F3N2O/c14-13(15,16)10-4-1-9(2-5-10)3-6-11-7-8-12(19)18-17-11/h1-6,11,17H,7-8H2,(H,18,19)/b6-3+. The number of hydrazine groups is 1. The van der Waals surface area contributed by atoms with Crippen LogP contribution in [0.25, 0.3) is 6.08 Å². The van der Waals surface area contributed by atoms with Gasteiger partial charge >= 0.3 is 6.18 Å². The molecule has 1 fully saturated rings. The van der Waals surface area contributed by atoms with Crippen LogP contribution in [-0.4, -0.2) is 11.9 Å². The van der Waals surface area contributed by atoms with E-state index in [0.29, 0.717) is 18.4 Å². The van der Waals surface area contributed by atoms with Gasteiger partial charge in [0.15, 0.2) is 0 Å². The van der Waals surface area contributed by atoms with Crippen molar-refractivity contribution in [3.63, 3.8) is 0 Å². The van der Waals surface area contributed by atoms with E-state index in [2.05, 4.69) is 10.9 Å². The van der Waals surface area contributed by atoms with Crippen molar-refractivity contribution in [2.24, 2.45) is 0 Å². The molecule has 2 N–H and O–H groups in total. The maximum atomic E-state index is 12.4. The second kappa shape index (κ2) is 5.44. The van der Waals surface area contributed by atoms with Crippen molar-refractivity contribution in [3.8, 4) is 0 Å². The average Bonchev–Trinajstić information content (AvgIpc) is 2.37. The zero-order chi connectivity index (χ0) is 13.9. The van der Waals surface area contributed by atoms with Crippen LogP contribution in [0.3, 0.4) is 0 Å². The molecule has 0 radical (unpaired) electrons. The number of halogens is 3. The van der Waals surface area contributed by atoms with Crippen LogP contribution in [0, 0.1) is 0 Å². The Labute approximate surface area is 108 Å². The first kappa shape index (κ1) is 13.6. The second-order valence-electron chi connectivity index (χ2n) is 4.32. The van der Waals surface area contributed by atoms with E-state index in [9.17, 15) is 18.0 Å². The molecule has 1 aliphatic heterocycles. The van der Waals surface area contributed by atoms with Gasteiger partial charge in [-0.15, -0.1) is 0 Å². The molecule has 1 amide bonds. The minimum absolute atomic E-state index is 0.00000681. The number of nitrogens with one attached hydrogen (secondary N) is 2. The Balaban J connectivity index is 1.98. The van der Waals surface area contributed by atoms with Gasteiger partial charge in [-0.25, -0.2) is 5.43 Å². The maximum Gasteiger partial charge on any atom is 0.416 e. The molecule has 19 heavy (non-hydrogen) atoms. The molecule has 0 bridgehead atoms. The monoisotopic (exact) mass is 270 g/mol. The molecular formula is C13H13F3N2O. The summed E-state index contributed by atoms with van der Waals surface area (Å²) in [5.41, 5.74) is 5.34. The maximum absolute atomic E-state index is 12.4. The fourth-order valence-electron chi connectivity index (χ4n) is 1.75. The number of carbonyl (C=O) groups excluding carboxylic acids is 1. The Kier molecular flexibility index (Phi) is 3.90. The molecule has 0 aliphatic carbocycles. The molecule has 1 unspecified atom stereocenters. The van der Waals surface area contributed by atoms with Crippen LogP contribution in [-0.2, 0) is 11.0 Å². The molecule has 1 aromatic rings. The molecule has 1 heterocycles. The highest BCUT2D eigenvalue weighted by Gasteiger charge is 2.29. The number of rotatable bonds is 2. The lowest BCUT2D eigenvalue weighted by atomic mass is 10.1. The summed E-state index contributed by atoms with van der Waals surface area (Å²) >= 11 is 0. The zero-order valence-corrected chi connectivity index (χ0v) is 10.00. The first-order valence-electron chi connectivity index (χ1n) is 5.85. The molecule has 1 aliphatic rings. The molecule has 1 saturated heterocycles. The minimum Gasteiger partial charge on any atom is -0.291 e. The van der Waals surface area contributed by atoms with Crippen LogP contribution in [0.2, 0.25) is 0 Å². The van der Waals surface area contributed by atoms with E-state index < -0.39 is 11.7 Å². The molecule has 1 atom stereocenters. The number of benzene rings is 1. The van der Waals surface area contributed by atoms with E-state index in [-0.39, 0.29) is 11.9 Å². The van der Waals surface area contributed by atoms with Crippen molar-refractivity contribution in [1.29, 1.82) is 0 Å². The molecule has 0 spiro atoms. The van der Waals surface area contributed by atoms with Gasteiger partial charge in [0.2, 0.25) is 5.91 Å². The van der Waals surface area contributed by atoms with E-state index in [1.807, 2.05) is 6.08 Å². The van der Waals surface area contributed by atoms with Crippen LogP contribution < -0.4 is 10.9 Å². The molecule has 102 valence electrons. The minimum atomic E-state index is -4.31. The van der Waals surface area contributed by atoms with Gasteiger partial charge in [-0.05, 0) is 24.1 Å². The van der Waals surface area contributed by atoms with Crippen LogP contribution >= 0.6 is 0 Å². The van der Waals surface area contributed by atoms with Gasteiger partial charge in [-0.2, -0.15) is 13.2 Å².